The van der Waals surface area contributed by atoms with Crippen LogP contribution in [0.5, 0.6) is 5.75 Å². The fraction of sp³-hybridized carbons (Fsp3) is 0.375. The minimum atomic E-state index is -1.04. The van der Waals surface area contributed by atoms with Crippen LogP contribution in [0.2, 0.25) is 0 Å². The molecule has 0 saturated carbocycles. The van der Waals surface area contributed by atoms with E-state index in [0.717, 1.165) is 37.7 Å². The van der Waals surface area contributed by atoms with Crippen molar-refractivity contribution in [1.82, 2.24) is 0 Å². The van der Waals surface area contributed by atoms with Crippen LogP contribution in [0.15, 0.2) is 66.7 Å². The van der Waals surface area contributed by atoms with Crippen molar-refractivity contribution in [3.63, 3.8) is 0 Å². The van der Waals surface area contributed by atoms with Gasteiger partial charge in [0.25, 0.3) is 0 Å². The SMILES string of the molecule is C/C=C/COc1ccc(-c2ccc(-c3ccc(C4CCC(C(O)CCCC)OC4)cc3F)cc2)c(F)c1F. The van der Waals surface area contributed by atoms with Crippen LogP contribution >= 0.6 is 0 Å². The summed E-state index contributed by atoms with van der Waals surface area (Å²) in [6, 6.07) is 14.8. The predicted octanol–water partition coefficient (Wildman–Crippen LogP) is 8.21. The Morgan fingerprint density at radius 3 is 2.32 bits per heavy atom. The van der Waals surface area contributed by atoms with E-state index in [1.807, 2.05) is 13.0 Å². The molecular formula is C32H35F3O3. The van der Waals surface area contributed by atoms with Crippen molar-refractivity contribution < 1.29 is 27.8 Å². The molecule has 202 valence electrons. The average molecular weight is 525 g/mol. The Balaban J connectivity index is 1.44. The van der Waals surface area contributed by atoms with Gasteiger partial charge in [-0.3, -0.25) is 0 Å². The van der Waals surface area contributed by atoms with E-state index in [4.69, 9.17) is 9.47 Å². The molecule has 1 N–H and O–H groups in total. The lowest BCUT2D eigenvalue weighted by molar-refractivity contribution is -0.0718. The molecule has 1 aliphatic heterocycles. The molecular weight excluding hydrogens is 489 g/mol. The number of aliphatic hydroxyl groups excluding tert-OH is 1. The zero-order valence-electron chi connectivity index (χ0n) is 21.9. The van der Waals surface area contributed by atoms with Crippen LogP contribution < -0.4 is 4.74 Å². The van der Waals surface area contributed by atoms with E-state index in [0.29, 0.717) is 23.3 Å². The lowest BCUT2D eigenvalue weighted by Crippen LogP contribution is -2.34. The van der Waals surface area contributed by atoms with Crippen LogP contribution in [0, 0.1) is 17.5 Å². The van der Waals surface area contributed by atoms with Gasteiger partial charge in [-0.25, -0.2) is 8.78 Å². The number of benzene rings is 3. The minimum Gasteiger partial charge on any atom is -0.486 e. The van der Waals surface area contributed by atoms with Crippen molar-refractivity contribution in [2.75, 3.05) is 13.2 Å². The Hall–Kier alpha value is -3.09. The van der Waals surface area contributed by atoms with E-state index in [2.05, 4.69) is 6.92 Å². The summed E-state index contributed by atoms with van der Waals surface area (Å²) < 4.78 is 55.5. The molecule has 3 unspecified atom stereocenters. The summed E-state index contributed by atoms with van der Waals surface area (Å²) in [5.74, 6) is -2.43. The summed E-state index contributed by atoms with van der Waals surface area (Å²) in [4.78, 5) is 0. The van der Waals surface area contributed by atoms with Crippen LogP contribution in [0.4, 0.5) is 13.2 Å². The highest BCUT2D eigenvalue weighted by atomic mass is 19.2. The average Bonchev–Trinajstić information content (AvgIpc) is 2.94. The number of hydrogen-bond donors (Lipinski definition) is 1. The molecule has 1 aliphatic rings. The van der Waals surface area contributed by atoms with E-state index in [-0.39, 0.29) is 35.8 Å². The van der Waals surface area contributed by atoms with Crippen LogP contribution in [0.25, 0.3) is 22.3 Å². The van der Waals surface area contributed by atoms with Crippen LogP contribution in [-0.4, -0.2) is 30.5 Å². The first kappa shape index (κ1) is 27.9. The highest BCUT2D eigenvalue weighted by Crippen LogP contribution is 2.35. The number of hydrogen-bond acceptors (Lipinski definition) is 3. The number of unbranched alkanes of at least 4 members (excludes halogenated alkanes) is 1. The Morgan fingerprint density at radius 1 is 0.974 bits per heavy atom. The van der Waals surface area contributed by atoms with Gasteiger partial charge >= 0.3 is 0 Å². The van der Waals surface area contributed by atoms with Gasteiger partial charge in [0.15, 0.2) is 11.6 Å². The molecule has 1 heterocycles. The summed E-state index contributed by atoms with van der Waals surface area (Å²) in [5.41, 5.74) is 2.54. The van der Waals surface area contributed by atoms with Crippen molar-refractivity contribution in [1.29, 1.82) is 0 Å². The molecule has 0 spiro atoms. The molecule has 38 heavy (non-hydrogen) atoms. The maximum Gasteiger partial charge on any atom is 0.201 e. The third-order valence-electron chi connectivity index (χ3n) is 7.18. The standard InChI is InChI=1S/C32H35F3O3/c1-3-5-7-28(36)29-16-13-24(20-38-29)23-12-14-25(27(33)19-23)21-8-10-22(11-9-21)26-15-17-30(32(35)31(26)34)37-18-6-4-2/h4,6,8-12,14-15,17,19,24,28-29,36H,3,5,7,13,16,18,20H2,1-2H3/b6-4+. The third-order valence-corrected chi connectivity index (χ3v) is 7.18. The molecule has 3 aromatic rings. The predicted molar refractivity (Wildman–Crippen MR) is 145 cm³/mol. The molecule has 6 heteroatoms. The van der Waals surface area contributed by atoms with Crippen LogP contribution in [0.3, 0.4) is 0 Å². The summed E-state index contributed by atoms with van der Waals surface area (Å²) in [5, 5.41) is 10.3. The molecule has 3 aromatic carbocycles. The highest BCUT2D eigenvalue weighted by Gasteiger charge is 2.28. The first-order chi connectivity index (χ1) is 18.4. The van der Waals surface area contributed by atoms with Gasteiger partial charge in [-0.15, -0.1) is 0 Å². The second-order valence-corrected chi connectivity index (χ2v) is 9.79. The van der Waals surface area contributed by atoms with Gasteiger partial charge in [0.05, 0.1) is 18.8 Å². The Kier molecular flexibility index (Phi) is 9.64. The molecule has 0 bridgehead atoms. The summed E-state index contributed by atoms with van der Waals surface area (Å²) in [6.07, 6.45) is 7.21. The number of aliphatic hydroxyl groups is 1. The van der Waals surface area contributed by atoms with E-state index in [9.17, 15) is 13.9 Å². The quantitative estimate of drug-likeness (QED) is 0.272. The Morgan fingerprint density at radius 2 is 1.68 bits per heavy atom. The zero-order valence-corrected chi connectivity index (χ0v) is 21.9. The smallest absolute Gasteiger partial charge is 0.201 e. The first-order valence-corrected chi connectivity index (χ1v) is 13.3. The Labute approximate surface area is 222 Å². The maximum absolute atomic E-state index is 15.1. The molecule has 3 atom stereocenters. The number of rotatable bonds is 10. The van der Waals surface area contributed by atoms with Gasteiger partial charge in [0.1, 0.15) is 12.4 Å². The minimum absolute atomic E-state index is 0.0818. The number of ether oxygens (including phenoxy) is 2. The van der Waals surface area contributed by atoms with Crippen molar-refractivity contribution in [2.45, 2.75) is 64.1 Å². The van der Waals surface area contributed by atoms with Gasteiger partial charge in [-0.2, -0.15) is 4.39 Å². The van der Waals surface area contributed by atoms with Crippen molar-refractivity contribution in [3.05, 3.63) is 89.8 Å². The third kappa shape index (κ3) is 6.48. The molecule has 0 aromatic heterocycles. The van der Waals surface area contributed by atoms with Crippen molar-refractivity contribution >= 4 is 0 Å². The molecule has 0 radical (unpaired) electrons. The lowest BCUT2D eigenvalue weighted by Gasteiger charge is -2.32. The monoisotopic (exact) mass is 524 g/mol. The van der Waals surface area contributed by atoms with E-state index >= 15 is 4.39 Å². The largest absolute Gasteiger partial charge is 0.486 e. The van der Waals surface area contributed by atoms with E-state index < -0.39 is 17.7 Å². The molecule has 3 nitrogen and oxygen atoms in total. The van der Waals surface area contributed by atoms with Crippen molar-refractivity contribution in [2.24, 2.45) is 0 Å². The van der Waals surface area contributed by atoms with Crippen LogP contribution in [-0.2, 0) is 4.74 Å². The Bertz CT molecular complexity index is 1230. The van der Waals surface area contributed by atoms with Gasteiger partial charge in [-0.05, 0) is 61.1 Å². The topological polar surface area (TPSA) is 38.7 Å². The maximum atomic E-state index is 15.1. The molecule has 4 rings (SSSR count). The molecule has 0 amide bonds. The van der Waals surface area contributed by atoms with Crippen LogP contribution in [0.1, 0.15) is 57.4 Å². The number of halogens is 3. The van der Waals surface area contributed by atoms with Gasteiger partial charge in [0, 0.05) is 17.0 Å². The highest BCUT2D eigenvalue weighted by molar-refractivity contribution is 5.71. The fourth-order valence-electron chi connectivity index (χ4n) is 4.89. The molecule has 1 saturated heterocycles. The van der Waals surface area contributed by atoms with Gasteiger partial charge < -0.3 is 14.6 Å². The summed E-state index contributed by atoms with van der Waals surface area (Å²) in [7, 11) is 0. The second kappa shape index (κ2) is 13.1. The normalized spacial score (nSPS) is 18.6. The second-order valence-electron chi connectivity index (χ2n) is 9.79. The van der Waals surface area contributed by atoms with E-state index in [1.54, 1.807) is 48.6 Å². The summed E-state index contributed by atoms with van der Waals surface area (Å²) >= 11 is 0. The van der Waals surface area contributed by atoms with Gasteiger partial charge in [-0.1, -0.05) is 68.3 Å². The molecule has 1 fully saturated rings. The molecule has 0 aliphatic carbocycles. The summed E-state index contributed by atoms with van der Waals surface area (Å²) in [6.45, 7) is 4.53. The van der Waals surface area contributed by atoms with E-state index in [1.165, 1.54) is 12.1 Å². The zero-order chi connectivity index (χ0) is 27.1. The van der Waals surface area contributed by atoms with Crippen molar-refractivity contribution in [3.8, 4) is 28.0 Å². The first-order valence-electron chi connectivity index (χ1n) is 13.3. The fourth-order valence-corrected chi connectivity index (χ4v) is 4.89. The number of allylic oxidation sites excluding steroid dienone is 1. The van der Waals surface area contributed by atoms with Gasteiger partial charge in [0.2, 0.25) is 5.82 Å². The lowest BCUT2D eigenvalue weighted by atomic mass is 9.88.